The van der Waals surface area contributed by atoms with Crippen LogP contribution in [0.25, 0.3) is 0 Å². The molecule has 6 atom stereocenters. The minimum atomic E-state index is -1.68. The molecule has 0 aliphatic carbocycles. The molecule has 4 unspecified atom stereocenters. The predicted molar refractivity (Wildman–Crippen MR) is 106 cm³/mol. The predicted octanol–water partition coefficient (Wildman–Crippen LogP) is 1.77. The molecule has 2 aliphatic rings. The topological polar surface area (TPSA) is 85.3 Å². The quantitative estimate of drug-likeness (QED) is 0.664. The van der Waals surface area contributed by atoms with E-state index in [0.717, 1.165) is 5.56 Å². The maximum atomic E-state index is 12.7. The van der Waals surface area contributed by atoms with Gasteiger partial charge in [-0.25, -0.2) is 4.79 Å². The minimum Gasteiger partial charge on any atom is -0.457 e. The van der Waals surface area contributed by atoms with Crippen molar-refractivity contribution in [2.24, 2.45) is 11.8 Å². The molecule has 29 heavy (non-hydrogen) atoms. The van der Waals surface area contributed by atoms with Gasteiger partial charge >= 0.3 is 5.97 Å². The van der Waals surface area contributed by atoms with E-state index in [1.807, 2.05) is 37.3 Å². The van der Waals surface area contributed by atoms with Gasteiger partial charge in [-0.15, -0.1) is 0 Å². The van der Waals surface area contributed by atoms with Crippen LogP contribution >= 0.6 is 0 Å². The van der Waals surface area contributed by atoms with Gasteiger partial charge in [-0.1, -0.05) is 44.2 Å². The Kier molecular flexibility index (Phi) is 6.03. The van der Waals surface area contributed by atoms with Gasteiger partial charge in [-0.2, -0.15) is 0 Å². The second-order valence-corrected chi connectivity index (χ2v) is 8.32. The van der Waals surface area contributed by atoms with E-state index in [1.165, 1.54) is 12.0 Å². The van der Waals surface area contributed by atoms with E-state index in [-0.39, 0.29) is 11.8 Å². The van der Waals surface area contributed by atoms with Gasteiger partial charge in [0.2, 0.25) is 11.4 Å². The SMILES string of the molecule is CO[C@H](C[C@H](C)COCc1ccccc1)C1(O)C(C)C(=O)N(C)C12C(=O)OC2C. The van der Waals surface area contributed by atoms with Gasteiger partial charge in [-0.3, -0.25) is 4.79 Å². The number of likely N-dealkylation sites (N-methyl/N-ethyl adjacent to an activating group) is 1. The summed E-state index contributed by atoms with van der Waals surface area (Å²) in [6.45, 7) is 6.32. The van der Waals surface area contributed by atoms with Gasteiger partial charge in [0.05, 0.1) is 18.6 Å². The third-order valence-electron chi connectivity index (χ3n) is 6.59. The zero-order valence-corrected chi connectivity index (χ0v) is 17.8. The number of carbonyl (C=O) groups excluding carboxylic acids is 2. The summed E-state index contributed by atoms with van der Waals surface area (Å²) in [4.78, 5) is 26.6. The number of hydrogen-bond acceptors (Lipinski definition) is 6. The first-order chi connectivity index (χ1) is 13.7. The van der Waals surface area contributed by atoms with Crippen molar-refractivity contribution in [3.8, 4) is 0 Å². The van der Waals surface area contributed by atoms with Gasteiger partial charge in [0, 0.05) is 20.8 Å². The number of rotatable bonds is 8. The summed E-state index contributed by atoms with van der Waals surface area (Å²) in [6, 6.07) is 9.89. The molecule has 1 aromatic carbocycles. The zero-order chi connectivity index (χ0) is 21.4. The van der Waals surface area contributed by atoms with Crippen LogP contribution in [0.15, 0.2) is 30.3 Å². The fraction of sp³-hybridized carbons (Fsp3) is 0.636. The Balaban J connectivity index is 1.73. The summed E-state index contributed by atoms with van der Waals surface area (Å²) in [5.41, 5.74) is -2.02. The van der Waals surface area contributed by atoms with E-state index in [1.54, 1.807) is 20.9 Å². The Morgan fingerprint density at radius 1 is 1.24 bits per heavy atom. The van der Waals surface area contributed by atoms with E-state index in [9.17, 15) is 14.7 Å². The molecule has 0 radical (unpaired) electrons. The van der Waals surface area contributed by atoms with E-state index in [4.69, 9.17) is 14.2 Å². The summed E-state index contributed by atoms with van der Waals surface area (Å²) in [7, 11) is 3.05. The highest BCUT2D eigenvalue weighted by atomic mass is 16.6. The van der Waals surface area contributed by atoms with Gasteiger partial charge in [0.25, 0.3) is 0 Å². The first kappa shape index (κ1) is 21.7. The molecule has 1 N–H and O–H groups in total. The highest BCUT2D eigenvalue weighted by Gasteiger charge is 2.80. The molecule has 2 saturated heterocycles. The molecule has 2 heterocycles. The Labute approximate surface area is 171 Å². The Bertz CT molecular complexity index is 755. The number of ether oxygens (including phenoxy) is 3. The number of aliphatic hydroxyl groups is 1. The van der Waals surface area contributed by atoms with Crippen molar-refractivity contribution >= 4 is 11.9 Å². The lowest BCUT2D eigenvalue weighted by Gasteiger charge is -2.55. The highest BCUT2D eigenvalue weighted by Crippen LogP contribution is 2.54. The van der Waals surface area contributed by atoms with Crippen LogP contribution in [0.3, 0.4) is 0 Å². The number of amides is 1. The zero-order valence-electron chi connectivity index (χ0n) is 17.8. The van der Waals surface area contributed by atoms with Crippen molar-refractivity contribution in [2.75, 3.05) is 20.8 Å². The molecule has 7 nitrogen and oxygen atoms in total. The minimum absolute atomic E-state index is 0.0457. The number of cyclic esters (lactones) is 1. The molecule has 160 valence electrons. The Morgan fingerprint density at radius 2 is 1.90 bits per heavy atom. The number of methoxy groups -OCH3 is 1. The van der Waals surface area contributed by atoms with E-state index in [2.05, 4.69) is 0 Å². The molecular weight excluding hydrogens is 374 g/mol. The molecule has 7 heteroatoms. The summed E-state index contributed by atoms with van der Waals surface area (Å²) in [6.07, 6.45) is -0.896. The lowest BCUT2D eigenvalue weighted by atomic mass is 9.65. The third kappa shape index (κ3) is 3.16. The molecular formula is C22H31NO6. The normalized spacial score (nSPS) is 33.5. The molecule has 0 aromatic heterocycles. The van der Waals surface area contributed by atoms with Crippen molar-refractivity contribution < 1.29 is 28.9 Å². The Morgan fingerprint density at radius 3 is 2.45 bits per heavy atom. The first-order valence-electron chi connectivity index (χ1n) is 10.1. The number of esters is 1. The lowest BCUT2D eigenvalue weighted by Crippen LogP contribution is -2.80. The summed E-state index contributed by atoms with van der Waals surface area (Å²) in [5.74, 6) is -1.61. The monoisotopic (exact) mass is 405 g/mol. The smallest absolute Gasteiger partial charge is 0.339 e. The third-order valence-corrected chi connectivity index (χ3v) is 6.59. The van der Waals surface area contributed by atoms with Crippen molar-refractivity contribution in [2.45, 2.75) is 57.1 Å². The average molecular weight is 405 g/mol. The van der Waals surface area contributed by atoms with Crippen LogP contribution < -0.4 is 0 Å². The summed E-state index contributed by atoms with van der Waals surface area (Å²) >= 11 is 0. The van der Waals surface area contributed by atoms with E-state index >= 15 is 0 Å². The van der Waals surface area contributed by atoms with Crippen LogP contribution in [-0.4, -0.2) is 66.0 Å². The second kappa shape index (κ2) is 8.05. The van der Waals surface area contributed by atoms with Crippen LogP contribution in [-0.2, 0) is 30.4 Å². The van der Waals surface area contributed by atoms with Crippen LogP contribution in [0.1, 0.15) is 32.8 Å². The summed E-state index contributed by atoms with van der Waals surface area (Å²) in [5, 5.41) is 11.8. The molecule has 2 fully saturated rings. The van der Waals surface area contributed by atoms with Crippen LogP contribution in [0.2, 0.25) is 0 Å². The fourth-order valence-electron chi connectivity index (χ4n) is 4.96. The van der Waals surface area contributed by atoms with Gasteiger partial charge in [0.1, 0.15) is 11.7 Å². The van der Waals surface area contributed by atoms with Gasteiger partial charge in [0.15, 0.2) is 0 Å². The number of nitrogens with zero attached hydrogens (tertiary/aromatic N) is 1. The number of carbonyl (C=O) groups is 2. The summed E-state index contributed by atoms with van der Waals surface area (Å²) < 4.78 is 16.7. The van der Waals surface area contributed by atoms with E-state index in [0.29, 0.717) is 19.6 Å². The van der Waals surface area contributed by atoms with Crippen molar-refractivity contribution in [1.29, 1.82) is 0 Å². The van der Waals surface area contributed by atoms with Crippen molar-refractivity contribution in [3.05, 3.63) is 35.9 Å². The molecule has 1 aromatic rings. The lowest BCUT2D eigenvalue weighted by molar-refractivity contribution is -0.254. The highest BCUT2D eigenvalue weighted by molar-refractivity contribution is 5.99. The van der Waals surface area contributed by atoms with Crippen molar-refractivity contribution in [3.63, 3.8) is 0 Å². The molecule has 0 saturated carbocycles. The maximum Gasteiger partial charge on any atom is 0.339 e. The number of benzene rings is 1. The molecule has 3 rings (SSSR count). The number of hydrogen-bond donors (Lipinski definition) is 1. The first-order valence-corrected chi connectivity index (χ1v) is 10.1. The number of likely N-dealkylation sites (tertiary alicyclic amines) is 1. The molecule has 1 spiro atoms. The van der Waals surface area contributed by atoms with Crippen LogP contribution in [0.5, 0.6) is 0 Å². The van der Waals surface area contributed by atoms with Crippen LogP contribution in [0, 0.1) is 11.8 Å². The van der Waals surface area contributed by atoms with Crippen molar-refractivity contribution in [1.82, 2.24) is 4.90 Å². The van der Waals surface area contributed by atoms with Crippen LogP contribution in [0.4, 0.5) is 0 Å². The largest absolute Gasteiger partial charge is 0.457 e. The average Bonchev–Trinajstić information content (AvgIpc) is 2.87. The Hall–Kier alpha value is -1.96. The maximum absolute atomic E-state index is 12.7. The molecule has 0 bridgehead atoms. The molecule has 1 amide bonds. The standard InChI is InChI=1S/C22H31NO6/c1-14(12-28-13-17-9-7-6-8-10-17)11-18(27-5)22(26)15(2)19(24)23(4)21(22)16(3)29-20(21)25/h6-10,14-16,18,26H,11-13H2,1-5H3/t14-,15?,16?,18+,21?,22?/m0/s1. The fourth-order valence-corrected chi connectivity index (χ4v) is 4.96. The van der Waals surface area contributed by atoms with Gasteiger partial charge < -0.3 is 24.2 Å². The van der Waals surface area contributed by atoms with Gasteiger partial charge in [-0.05, 0) is 24.8 Å². The van der Waals surface area contributed by atoms with E-state index < -0.39 is 35.2 Å². The second-order valence-electron chi connectivity index (χ2n) is 8.32. The molecule has 2 aliphatic heterocycles.